The van der Waals surface area contributed by atoms with Crippen LogP contribution >= 0.6 is 0 Å². The molecule has 3 atom stereocenters. The lowest BCUT2D eigenvalue weighted by Crippen LogP contribution is -2.25. The number of allylic oxidation sites excluding steroid dienone is 3. The molecule has 0 radical (unpaired) electrons. The number of ether oxygens (including phenoxy) is 1. The topological polar surface area (TPSA) is 26.3 Å². The summed E-state index contributed by atoms with van der Waals surface area (Å²) in [5, 5.41) is 18.2. The van der Waals surface area contributed by atoms with Crippen molar-refractivity contribution in [2.45, 2.75) is 42.9 Å². The number of rotatable bonds is 5. The number of esters is 1. The number of hydrogen-bond donors (Lipinski definition) is 0. The predicted octanol–water partition coefficient (Wildman–Crippen LogP) is 9.68. The van der Waals surface area contributed by atoms with E-state index in [1.807, 2.05) is 0 Å². The quantitative estimate of drug-likeness (QED) is 0.148. The minimum absolute atomic E-state index is 0.108. The van der Waals surface area contributed by atoms with Crippen LogP contribution in [0.1, 0.15) is 63.8 Å². The highest BCUT2D eigenvalue weighted by Gasteiger charge is 2.89. The molecule has 14 rings (SSSR count). The van der Waals surface area contributed by atoms with E-state index in [0.29, 0.717) is 6.42 Å². The standard InChI is InChI=1S/C44H26O2/c1-46-28(45)8-5-12-43(27-6-3-2-4-7-27)42-13-11-22-16-25-17-23-14-20-9-10-21-15-24-18-26(19-42)34-33(24)36-30(21)29(20)35-31(23)32(25)38-39(37(35)36)41(34)44(42,43)40(22)38/h2-4,6-7,9-11,13-16,19H,5,8,12,17-18H2,1H3/t42?,43-,44?/m0/s1. The molecule has 2 nitrogen and oxygen atoms in total. The molecular weight excluding hydrogens is 560 g/mol. The average molecular weight is 587 g/mol. The Morgan fingerprint density at radius 1 is 0.739 bits per heavy atom. The van der Waals surface area contributed by atoms with E-state index in [4.69, 9.17) is 4.74 Å². The lowest BCUT2D eigenvalue weighted by atomic mass is 9.70. The van der Waals surface area contributed by atoms with Crippen LogP contribution in [0.4, 0.5) is 0 Å². The first-order valence-corrected chi connectivity index (χ1v) is 17.0. The molecule has 1 saturated carbocycles. The van der Waals surface area contributed by atoms with Gasteiger partial charge in [0.05, 0.1) is 7.11 Å². The molecule has 2 unspecified atom stereocenters. The zero-order valence-electron chi connectivity index (χ0n) is 25.4. The Morgan fingerprint density at radius 2 is 1.43 bits per heavy atom. The molecule has 0 saturated heterocycles. The number of benzene rings is 7. The second-order valence-corrected chi connectivity index (χ2v) is 15.3. The fourth-order valence-corrected chi connectivity index (χ4v) is 13.1. The fraction of sp³-hybridized carbons (Fsp3) is 0.205. The van der Waals surface area contributed by atoms with E-state index in [1.165, 1.54) is 62.0 Å². The summed E-state index contributed by atoms with van der Waals surface area (Å²) in [6.07, 6.45) is 12.1. The summed E-state index contributed by atoms with van der Waals surface area (Å²) in [5.41, 5.74) is 13.1. The Balaban J connectivity index is 1.27. The molecule has 6 aliphatic rings. The van der Waals surface area contributed by atoms with E-state index in [9.17, 15) is 4.79 Å². The zero-order valence-corrected chi connectivity index (χ0v) is 25.4. The lowest BCUT2D eigenvalue weighted by molar-refractivity contribution is -0.140. The molecule has 1 fully saturated rings. The van der Waals surface area contributed by atoms with Crippen molar-refractivity contribution >= 4 is 82.3 Å². The van der Waals surface area contributed by atoms with Gasteiger partial charge in [-0.1, -0.05) is 78.9 Å². The minimum Gasteiger partial charge on any atom is -0.469 e. The van der Waals surface area contributed by atoms with Crippen molar-refractivity contribution < 1.29 is 9.53 Å². The van der Waals surface area contributed by atoms with Crippen molar-refractivity contribution in [3.8, 4) is 0 Å². The van der Waals surface area contributed by atoms with Crippen LogP contribution in [0.15, 0.2) is 72.8 Å². The van der Waals surface area contributed by atoms with Gasteiger partial charge in [0.1, 0.15) is 0 Å². The van der Waals surface area contributed by atoms with Crippen molar-refractivity contribution in [1.29, 1.82) is 0 Å². The van der Waals surface area contributed by atoms with Crippen LogP contribution in [0.5, 0.6) is 0 Å². The SMILES string of the molecule is COC(=O)CCC[C@]1(c2ccccc2)C23C=Cc4cc5c6c7c4C21c1c2c4c(cc8ccc9cc(c6c6c9c8c4c6c17)C5)CC2=C3. The van der Waals surface area contributed by atoms with Gasteiger partial charge in [0.25, 0.3) is 0 Å². The highest BCUT2D eigenvalue weighted by atomic mass is 16.5. The molecule has 0 N–H and O–H groups in total. The third-order valence-electron chi connectivity index (χ3n) is 14.1. The lowest BCUT2D eigenvalue weighted by Gasteiger charge is -2.31. The third-order valence-corrected chi connectivity index (χ3v) is 14.1. The molecule has 0 heterocycles. The van der Waals surface area contributed by atoms with Crippen molar-refractivity contribution in [2.24, 2.45) is 5.41 Å². The summed E-state index contributed by atoms with van der Waals surface area (Å²) in [6, 6.07) is 23.8. The van der Waals surface area contributed by atoms with E-state index in [1.54, 1.807) is 59.8 Å². The van der Waals surface area contributed by atoms with Crippen molar-refractivity contribution in [3.63, 3.8) is 0 Å². The summed E-state index contributed by atoms with van der Waals surface area (Å²) in [7, 11) is 1.52. The average Bonchev–Trinajstić information content (AvgIpc) is 3.58. The van der Waals surface area contributed by atoms with Gasteiger partial charge in [-0.05, 0) is 140 Å². The zero-order chi connectivity index (χ0) is 29.6. The number of carbonyl (C=O) groups is 1. The Kier molecular flexibility index (Phi) is 3.11. The van der Waals surface area contributed by atoms with Crippen molar-refractivity contribution in [2.75, 3.05) is 7.11 Å². The summed E-state index contributed by atoms with van der Waals surface area (Å²) >= 11 is 0. The van der Waals surface area contributed by atoms with E-state index >= 15 is 0 Å². The second-order valence-electron chi connectivity index (χ2n) is 15.3. The van der Waals surface area contributed by atoms with Gasteiger partial charge < -0.3 is 4.74 Å². The number of hydrogen-bond acceptors (Lipinski definition) is 2. The molecule has 0 amide bonds. The molecule has 8 aromatic rings. The van der Waals surface area contributed by atoms with Gasteiger partial charge >= 0.3 is 5.97 Å². The van der Waals surface area contributed by atoms with Gasteiger partial charge in [0, 0.05) is 22.7 Å². The molecule has 46 heavy (non-hydrogen) atoms. The van der Waals surface area contributed by atoms with Gasteiger partial charge in [-0.2, -0.15) is 0 Å². The Morgan fingerprint density at radius 3 is 2.24 bits per heavy atom. The minimum atomic E-state index is -0.181. The van der Waals surface area contributed by atoms with E-state index in [-0.39, 0.29) is 22.2 Å². The van der Waals surface area contributed by atoms with Crippen molar-refractivity contribution in [3.05, 3.63) is 117 Å². The van der Waals surface area contributed by atoms with E-state index < -0.39 is 0 Å². The monoisotopic (exact) mass is 586 g/mol. The van der Waals surface area contributed by atoms with Gasteiger partial charge in [0.15, 0.2) is 0 Å². The first-order valence-electron chi connectivity index (χ1n) is 17.0. The van der Waals surface area contributed by atoms with Gasteiger partial charge in [-0.3, -0.25) is 4.79 Å². The summed E-state index contributed by atoms with van der Waals surface area (Å²) in [6.45, 7) is 0. The molecule has 6 aliphatic carbocycles. The van der Waals surface area contributed by atoms with Gasteiger partial charge in [-0.15, -0.1) is 0 Å². The van der Waals surface area contributed by atoms with Gasteiger partial charge in [0.2, 0.25) is 0 Å². The van der Waals surface area contributed by atoms with Crippen LogP contribution in [-0.2, 0) is 33.2 Å². The Labute approximate surface area is 263 Å². The normalized spacial score (nSPS) is 26.4. The summed E-state index contributed by atoms with van der Waals surface area (Å²) in [5.74, 6) is -0.108. The Hall–Kier alpha value is -4.95. The van der Waals surface area contributed by atoms with E-state index in [2.05, 4.69) is 78.9 Å². The first kappa shape index (κ1) is 22.5. The van der Waals surface area contributed by atoms with Crippen LogP contribution in [0, 0.1) is 5.41 Å². The van der Waals surface area contributed by atoms with Crippen LogP contribution in [-0.4, -0.2) is 13.1 Å². The van der Waals surface area contributed by atoms with Crippen LogP contribution in [0.3, 0.4) is 0 Å². The van der Waals surface area contributed by atoms with Crippen molar-refractivity contribution in [1.82, 2.24) is 0 Å². The fourth-order valence-electron chi connectivity index (χ4n) is 13.1. The smallest absolute Gasteiger partial charge is 0.305 e. The molecule has 1 spiro atoms. The molecule has 8 aromatic carbocycles. The number of methoxy groups -OCH3 is 1. The van der Waals surface area contributed by atoms with Crippen LogP contribution in [0.25, 0.3) is 76.3 Å². The maximum atomic E-state index is 12.6. The van der Waals surface area contributed by atoms with E-state index in [0.717, 1.165) is 25.7 Å². The maximum Gasteiger partial charge on any atom is 0.305 e. The van der Waals surface area contributed by atoms with Gasteiger partial charge in [-0.25, -0.2) is 0 Å². The van der Waals surface area contributed by atoms with Crippen LogP contribution in [0.2, 0.25) is 0 Å². The predicted molar refractivity (Wildman–Crippen MR) is 186 cm³/mol. The molecule has 0 bridgehead atoms. The highest BCUT2D eigenvalue weighted by Crippen LogP contribution is 2.91. The van der Waals surface area contributed by atoms with Crippen LogP contribution < -0.4 is 0 Å². The maximum absolute atomic E-state index is 12.6. The summed E-state index contributed by atoms with van der Waals surface area (Å²) < 4.78 is 5.17. The highest BCUT2D eigenvalue weighted by molar-refractivity contribution is 6.52. The largest absolute Gasteiger partial charge is 0.469 e. The first-order chi connectivity index (χ1) is 22.6. The molecule has 2 heteroatoms. The molecular formula is C44H26O2. The summed E-state index contributed by atoms with van der Waals surface area (Å²) in [4.78, 5) is 12.6. The molecule has 0 aliphatic heterocycles. The molecule has 214 valence electrons. The molecule has 0 aromatic heterocycles. The number of carbonyl (C=O) groups excluding carboxylic acids is 1. The second kappa shape index (κ2) is 6.35. The third kappa shape index (κ3) is 1.76. The Bertz CT molecular complexity index is 2940.